The summed E-state index contributed by atoms with van der Waals surface area (Å²) in [6.07, 6.45) is 1.73. The molecule has 0 unspecified atom stereocenters. The summed E-state index contributed by atoms with van der Waals surface area (Å²) in [6, 6.07) is 40.5. The van der Waals surface area contributed by atoms with E-state index in [1.54, 1.807) is 4.90 Å². The maximum absolute atomic E-state index is 13.9. The van der Waals surface area contributed by atoms with Crippen molar-refractivity contribution in [2.75, 3.05) is 38.1 Å². The number of hydrogen-bond acceptors (Lipinski definition) is 6. The highest BCUT2D eigenvalue weighted by molar-refractivity contribution is 7.00. The molecule has 0 aliphatic carbocycles. The lowest BCUT2D eigenvalue weighted by atomic mass is 10.0. The number of likely N-dealkylation sites (tertiary alicyclic amines) is 1. The third kappa shape index (κ3) is 11.0. The van der Waals surface area contributed by atoms with Gasteiger partial charge < -0.3 is 35.1 Å². The first-order valence-electron chi connectivity index (χ1n) is 19.7. The summed E-state index contributed by atoms with van der Waals surface area (Å²) in [7, 11) is -2.74. The molecule has 8 nitrogen and oxygen atoms in total. The van der Waals surface area contributed by atoms with Crippen molar-refractivity contribution in [3.8, 4) is 11.5 Å². The molecule has 57 heavy (non-hydrogen) atoms. The summed E-state index contributed by atoms with van der Waals surface area (Å²) in [5.74, 6) is 0.144. The predicted octanol–water partition coefficient (Wildman–Crippen LogP) is 7.26. The molecule has 5 aromatic carbocycles. The van der Waals surface area contributed by atoms with Crippen molar-refractivity contribution in [3.63, 3.8) is 0 Å². The number of hydrogen-bond donors (Lipinski definition) is 4. The number of halogens is 2. The van der Waals surface area contributed by atoms with E-state index < -0.39 is 26.1 Å². The molecule has 4 N–H and O–H groups in total. The molecule has 300 valence electrons. The van der Waals surface area contributed by atoms with Gasteiger partial charge in [0.25, 0.3) is 0 Å². The Hall–Kier alpha value is -5.23. The number of urea groups is 1. The van der Waals surface area contributed by atoms with Crippen molar-refractivity contribution < 1.29 is 27.8 Å². The summed E-state index contributed by atoms with van der Waals surface area (Å²) in [4.78, 5) is 14.3. The van der Waals surface area contributed by atoms with E-state index in [-0.39, 0.29) is 35.8 Å². The number of ether oxygens (including phenoxy) is 1. The van der Waals surface area contributed by atoms with E-state index in [0.717, 1.165) is 36.8 Å². The van der Waals surface area contributed by atoms with E-state index in [1.165, 1.54) is 28.1 Å². The Balaban J connectivity index is 0.891. The van der Waals surface area contributed by atoms with E-state index in [2.05, 4.69) is 110 Å². The third-order valence-corrected chi connectivity index (χ3v) is 15.4. The number of benzene rings is 5. The van der Waals surface area contributed by atoms with Gasteiger partial charge in [-0.15, -0.1) is 0 Å². The first-order valence-corrected chi connectivity index (χ1v) is 21.6. The zero-order chi connectivity index (χ0) is 40.3. The van der Waals surface area contributed by atoms with Crippen LogP contribution in [0.4, 0.5) is 19.3 Å². The van der Waals surface area contributed by atoms with Crippen LogP contribution in [-0.4, -0.2) is 69.3 Å². The highest BCUT2D eigenvalue weighted by atomic mass is 28.4. The molecule has 2 amide bonds. The minimum Gasteiger partial charge on any atom is -0.534 e. The molecular formula is C46H54F2N4O4Si. The van der Waals surface area contributed by atoms with Gasteiger partial charge in [0.15, 0.2) is 0 Å². The summed E-state index contributed by atoms with van der Waals surface area (Å²) in [5, 5.41) is 22.5. The topological polar surface area (TPSA) is 95.1 Å². The molecule has 1 aliphatic heterocycles. The minimum atomic E-state index is -2.74. The zero-order valence-corrected chi connectivity index (χ0v) is 34.0. The number of nitrogens with one attached hydrogen (secondary N) is 3. The number of anilines is 1. The molecule has 5 aromatic rings. The number of nitrogens with zero attached hydrogens (tertiary/aromatic N) is 1. The van der Waals surface area contributed by atoms with Crippen LogP contribution in [0.3, 0.4) is 0 Å². The summed E-state index contributed by atoms with van der Waals surface area (Å²) in [5.41, 5.74) is 2.46. The van der Waals surface area contributed by atoms with Gasteiger partial charge in [0, 0.05) is 49.5 Å². The van der Waals surface area contributed by atoms with Gasteiger partial charge in [-0.05, 0) is 89.2 Å². The lowest BCUT2D eigenvalue weighted by molar-refractivity contribution is 0.106. The number of piperidine rings is 1. The molecule has 6 rings (SSSR count). The Kier molecular flexibility index (Phi) is 14.0. The lowest BCUT2D eigenvalue weighted by Gasteiger charge is -2.43. The predicted molar refractivity (Wildman–Crippen MR) is 226 cm³/mol. The standard InChI is InChI=1S/C46H54F2N4O4Si/c1-46(2,3)57(42-10-6-4-7-11-42,43-12-8-5-9-13-43)56-41-22-20-40(21-23-41)55-33-39(53)32-49-27-24-34-14-18-37(19-15-34)51-38-25-28-52(29-26-38)45(54)50-31-35-16-17-36(47)30-44(35)48/h4-23,30,38-39,49,51,53H,24-29,31-33H2,1-3H3,(H,50,54)/t39-/m0/s1. The Labute approximate surface area is 336 Å². The molecule has 0 radical (unpaired) electrons. The van der Waals surface area contributed by atoms with E-state index in [1.807, 2.05) is 36.4 Å². The maximum Gasteiger partial charge on any atom is 0.319 e. The Bertz CT molecular complexity index is 1970. The van der Waals surface area contributed by atoms with Crippen molar-refractivity contribution in [3.05, 3.63) is 150 Å². The second-order valence-electron chi connectivity index (χ2n) is 15.7. The average Bonchev–Trinajstić information content (AvgIpc) is 3.22. The molecule has 1 atom stereocenters. The first kappa shape index (κ1) is 41.4. The van der Waals surface area contributed by atoms with E-state index in [4.69, 9.17) is 9.16 Å². The largest absolute Gasteiger partial charge is 0.534 e. The fraction of sp³-hybridized carbons (Fsp3) is 0.326. The van der Waals surface area contributed by atoms with E-state index in [0.29, 0.717) is 31.9 Å². The molecule has 0 spiro atoms. The maximum atomic E-state index is 13.9. The highest BCUT2D eigenvalue weighted by Crippen LogP contribution is 2.38. The number of carbonyl (C=O) groups excluding carboxylic acids is 1. The van der Waals surface area contributed by atoms with Gasteiger partial charge in [0.05, 0.1) is 0 Å². The smallest absolute Gasteiger partial charge is 0.319 e. The second-order valence-corrected chi connectivity index (χ2v) is 19.9. The lowest BCUT2D eigenvalue weighted by Crippen LogP contribution is -2.68. The van der Waals surface area contributed by atoms with Crippen LogP contribution in [-0.2, 0) is 13.0 Å². The molecule has 1 fully saturated rings. The van der Waals surface area contributed by atoms with Gasteiger partial charge in [-0.25, -0.2) is 13.6 Å². The summed E-state index contributed by atoms with van der Waals surface area (Å²) in [6.45, 7) is 9.25. The zero-order valence-electron chi connectivity index (χ0n) is 33.0. The number of rotatable bonds is 16. The molecule has 0 bridgehead atoms. The van der Waals surface area contributed by atoms with Crippen LogP contribution in [0.15, 0.2) is 127 Å². The van der Waals surface area contributed by atoms with Crippen molar-refractivity contribution in [2.24, 2.45) is 0 Å². The molecular weight excluding hydrogens is 739 g/mol. The average molecular weight is 793 g/mol. The number of aliphatic hydroxyl groups excluding tert-OH is 1. The van der Waals surface area contributed by atoms with Gasteiger partial charge >= 0.3 is 14.3 Å². The highest BCUT2D eigenvalue weighted by Gasteiger charge is 2.52. The van der Waals surface area contributed by atoms with Gasteiger partial charge in [-0.1, -0.05) is 99.6 Å². The van der Waals surface area contributed by atoms with Crippen molar-refractivity contribution in [2.45, 2.75) is 63.8 Å². The van der Waals surface area contributed by atoms with Crippen LogP contribution in [0.1, 0.15) is 44.7 Å². The monoisotopic (exact) mass is 792 g/mol. The fourth-order valence-electron chi connectivity index (χ4n) is 7.36. The first-order chi connectivity index (χ1) is 27.5. The van der Waals surface area contributed by atoms with E-state index in [9.17, 15) is 18.7 Å². The molecule has 0 saturated carbocycles. The molecule has 1 saturated heterocycles. The Morgan fingerprint density at radius 1 is 0.842 bits per heavy atom. The number of amides is 2. The van der Waals surface area contributed by atoms with Crippen molar-refractivity contribution >= 4 is 30.4 Å². The van der Waals surface area contributed by atoms with Gasteiger partial charge in [-0.2, -0.15) is 0 Å². The molecule has 0 aromatic heterocycles. The SMILES string of the molecule is CC(C)(C)[Si](Oc1ccc(OC[C@@H](O)CNCCc2ccc(NC3CCN(C(=O)NCc4ccc(F)cc4F)CC3)cc2)cc1)(c1ccccc1)c1ccccc1. The van der Waals surface area contributed by atoms with Gasteiger partial charge in [-0.3, -0.25) is 0 Å². The quantitative estimate of drug-likeness (QED) is 0.0621. The van der Waals surface area contributed by atoms with Crippen LogP contribution in [0.25, 0.3) is 0 Å². The Morgan fingerprint density at radius 2 is 1.46 bits per heavy atom. The molecule has 1 heterocycles. The van der Waals surface area contributed by atoms with Crippen molar-refractivity contribution in [1.82, 2.24) is 15.5 Å². The van der Waals surface area contributed by atoms with Gasteiger partial charge in [0.2, 0.25) is 0 Å². The van der Waals surface area contributed by atoms with Crippen molar-refractivity contribution in [1.29, 1.82) is 0 Å². The van der Waals surface area contributed by atoms with Gasteiger partial charge in [0.1, 0.15) is 35.8 Å². The van der Waals surface area contributed by atoms with Crippen LogP contribution in [0, 0.1) is 11.6 Å². The van der Waals surface area contributed by atoms with Crippen LogP contribution in [0.5, 0.6) is 11.5 Å². The molecule has 1 aliphatic rings. The summed E-state index contributed by atoms with van der Waals surface area (Å²) < 4.78 is 40.1. The molecule has 11 heteroatoms. The number of carbonyl (C=O) groups is 1. The Morgan fingerprint density at radius 3 is 2.05 bits per heavy atom. The third-order valence-electron chi connectivity index (χ3n) is 10.5. The van der Waals surface area contributed by atoms with Crippen LogP contribution >= 0.6 is 0 Å². The summed E-state index contributed by atoms with van der Waals surface area (Å²) >= 11 is 0. The second kappa shape index (κ2) is 19.3. The normalized spacial score (nSPS) is 14.2. The van der Waals surface area contributed by atoms with E-state index >= 15 is 0 Å². The number of aliphatic hydroxyl groups is 1. The van der Waals surface area contributed by atoms with Crippen LogP contribution < -0.4 is 35.5 Å². The minimum absolute atomic E-state index is 0.0119. The van der Waals surface area contributed by atoms with Crippen LogP contribution in [0.2, 0.25) is 5.04 Å². The fourth-order valence-corrected chi connectivity index (χ4v) is 11.8.